The number of amides is 2. The SMILES string of the molecule is Cc1cc(Cl)cc(C(=O)NC(C)C)c1NC(=O)c1cc(CNS(=O)(=O)Cc2ccccc2C(F)(F)F)nn1-c1ncccc1Cl. The van der Waals surface area contributed by atoms with Gasteiger partial charge in [-0.1, -0.05) is 41.4 Å². The van der Waals surface area contributed by atoms with Crippen molar-refractivity contribution in [3.63, 3.8) is 0 Å². The molecule has 0 radical (unpaired) electrons. The van der Waals surface area contributed by atoms with Crippen molar-refractivity contribution in [1.29, 1.82) is 0 Å². The number of halogens is 5. The Kier molecular flexibility index (Phi) is 10.2. The van der Waals surface area contributed by atoms with Crippen molar-refractivity contribution in [3.05, 3.63) is 104 Å². The number of hydrogen-bond donors (Lipinski definition) is 3. The molecule has 0 saturated carbocycles. The maximum Gasteiger partial charge on any atom is 0.416 e. The zero-order valence-electron chi connectivity index (χ0n) is 24.0. The van der Waals surface area contributed by atoms with Crippen molar-refractivity contribution >= 4 is 50.7 Å². The summed E-state index contributed by atoms with van der Waals surface area (Å²) in [4.78, 5) is 30.8. The first-order valence-electron chi connectivity index (χ1n) is 13.3. The van der Waals surface area contributed by atoms with E-state index in [4.69, 9.17) is 23.2 Å². The van der Waals surface area contributed by atoms with Crippen molar-refractivity contribution in [3.8, 4) is 5.82 Å². The Morgan fingerprint density at radius 3 is 2.40 bits per heavy atom. The highest BCUT2D eigenvalue weighted by Crippen LogP contribution is 2.33. The van der Waals surface area contributed by atoms with E-state index < -0.39 is 51.4 Å². The van der Waals surface area contributed by atoms with E-state index in [-0.39, 0.29) is 44.5 Å². The first-order chi connectivity index (χ1) is 21.1. The monoisotopic (exact) mass is 682 g/mol. The molecule has 0 spiro atoms. The fourth-order valence-corrected chi connectivity index (χ4v) is 5.95. The molecular weight excluding hydrogens is 656 g/mol. The van der Waals surface area contributed by atoms with E-state index in [0.29, 0.717) is 5.56 Å². The van der Waals surface area contributed by atoms with Gasteiger partial charge in [-0.2, -0.15) is 18.3 Å². The molecule has 10 nitrogen and oxygen atoms in total. The largest absolute Gasteiger partial charge is 0.416 e. The van der Waals surface area contributed by atoms with Gasteiger partial charge in [0.05, 0.1) is 39.8 Å². The standard InChI is InChI=1S/C29H27Cl2F3N6O4S/c1-16(2)37-27(41)21-12-19(30)11-17(3)25(21)38-28(42)24-13-20(39-40(24)26-23(31)9-6-10-35-26)14-36-45(43,44)15-18-7-4-5-8-22(18)29(32,33)34/h4-13,16,36H,14-15H2,1-3H3,(H,37,41)(H,38,42). The number of nitrogens with one attached hydrogen (secondary N) is 3. The second-order valence-corrected chi connectivity index (χ2v) is 12.9. The van der Waals surface area contributed by atoms with Crippen LogP contribution in [0, 0.1) is 6.92 Å². The Morgan fingerprint density at radius 2 is 1.73 bits per heavy atom. The quantitative estimate of drug-likeness (QED) is 0.190. The van der Waals surface area contributed by atoms with Crippen molar-refractivity contribution in [2.45, 2.75) is 45.3 Å². The van der Waals surface area contributed by atoms with Crippen LogP contribution in [0.25, 0.3) is 5.82 Å². The minimum atomic E-state index is -4.74. The number of nitrogens with zero attached hydrogens (tertiary/aromatic N) is 3. The smallest absolute Gasteiger partial charge is 0.350 e. The Hall–Kier alpha value is -3.98. The summed E-state index contributed by atoms with van der Waals surface area (Å²) in [6.07, 6.45) is -3.34. The molecule has 2 heterocycles. The average Bonchev–Trinajstić information content (AvgIpc) is 3.37. The van der Waals surface area contributed by atoms with Gasteiger partial charge in [-0.3, -0.25) is 9.59 Å². The molecule has 4 rings (SSSR count). The minimum Gasteiger partial charge on any atom is -0.350 e. The lowest BCUT2D eigenvalue weighted by molar-refractivity contribution is -0.138. The van der Waals surface area contributed by atoms with Gasteiger partial charge in [-0.25, -0.2) is 22.8 Å². The maximum atomic E-state index is 13.7. The van der Waals surface area contributed by atoms with Crippen LogP contribution in [0.3, 0.4) is 0 Å². The second kappa shape index (κ2) is 13.6. The summed E-state index contributed by atoms with van der Waals surface area (Å²) in [7, 11) is -4.29. The molecule has 0 aliphatic heterocycles. The molecule has 45 heavy (non-hydrogen) atoms. The van der Waals surface area contributed by atoms with Crippen LogP contribution in [0.5, 0.6) is 0 Å². The molecule has 16 heteroatoms. The number of alkyl halides is 3. The van der Waals surface area contributed by atoms with Crippen LogP contribution >= 0.6 is 23.2 Å². The lowest BCUT2D eigenvalue weighted by atomic mass is 10.1. The number of carbonyl (C=O) groups excluding carboxylic acids is 2. The molecule has 2 aromatic heterocycles. The fourth-order valence-electron chi connectivity index (χ4n) is 4.34. The molecule has 0 saturated heterocycles. The highest BCUT2D eigenvalue weighted by Gasteiger charge is 2.34. The van der Waals surface area contributed by atoms with Gasteiger partial charge in [-0.05, 0) is 68.3 Å². The Morgan fingerprint density at radius 1 is 1.02 bits per heavy atom. The van der Waals surface area contributed by atoms with Gasteiger partial charge >= 0.3 is 6.18 Å². The minimum absolute atomic E-state index is 0.0279. The van der Waals surface area contributed by atoms with E-state index in [1.807, 2.05) is 0 Å². The van der Waals surface area contributed by atoms with Crippen LogP contribution < -0.4 is 15.4 Å². The molecule has 2 amide bonds. The molecular formula is C29H27Cl2F3N6O4S. The van der Waals surface area contributed by atoms with Gasteiger partial charge in [-0.15, -0.1) is 0 Å². The van der Waals surface area contributed by atoms with Crippen LogP contribution in [0.15, 0.2) is 60.8 Å². The second-order valence-electron chi connectivity index (χ2n) is 10.2. The first-order valence-corrected chi connectivity index (χ1v) is 15.7. The average molecular weight is 684 g/mol. The summed E-state index contributed by atoms with van der Waals surface area (Å²) in [6, 6.07) is 11.4. The number of aryl methyl sites for hydroxylation is 1. The van der Waals surface area contributed by atoms with Crippen molar-refractivity contribution < 1.29 is 31.2 Å². The van der Waals surface area contributed by atoms with Gasteiger partial charge in [0.1, 0.15) is 5.69 Å². The van der Waals surface area contributed by atoms with Crippen LogP contribution in [-0.2, 0) is 28.5 Å². The lowest BCUT2D eigenvalue weighted by Crippen LogP contribution is -2.31. The number of sulfonamides is 1. The van der Waals surface area contributed by atoms with Crippen LogP contribution in [0.1, 0.15) is 57.1 Å². The van der Waals surface area contributed by atoms with Crippen LogP contribution in [-0.4, -0.2) is 41.0 Å². The number of hydrogen-bond acceptors (Lipinski definition) is 6. The van der Waals surface area contributed by atoms with E-state index in [1.165, 1.54) is 36.5 Å². The summed E-state index contributed by atoms with van der Waals surface area (Å²) < 4.78 is 69.2. The molecule has 0 fully saturated rings. The molecule has 0 atom stereocenters. The number of anilines is 1. The molecule has 4 aromatic rings. The Balaban J connectivity index is 1.67. The number of carbonyl (C=O) groups is 2. The van der Waals surface area contributed by atoms with E-state index in [2.05, 4.69) is 25.4 Å². The zero-order valence-corrected chi connectivity index (χ0v) is 26.4. The van der Waals surface area contributed by atoms with Gasteiger partial charge < -0.3 is 10.6 Å². The number of benzene rings is 2. The van der Waals surface area contributed by atoms with Gasteiger partial charge in [0.15, 0.2) is 5.82 Å². The Labute approximate surface area is 267 Å². The fraction of sp³-hybridized carbons (Fsp3) is 0.241. The zero-order chi connectivity index (χ0) is 33.1. The maximum absolute atomic E-state index is 13.7. The van der Waals surface area contributed by atoms with Gasteiger partial charge in [0.2, 0.25) is 10.0 Å². The van der Waals surface area contributed by atoms with Crippen molar-refractivity contribution in [2.24, 2.45) is 0 Å². The highest BCUT2D eigenvalue weighted by atomic mass is 35.5. The lowest BCUT2D eigenvalue weighted by Gasteiger charge is -2.16. The molecule has 0 bridgehead atoms. The van der Waals surface area contributed by atoms with E-state index in [1.54, 1.807) is 32.9 Å². The summed E-state index contributed by atoms with van der Waals surface area (Å²) in [5.74, 6) is -2.13. The normalized spacial score (nSPS) is 11.9. The molecule has 2 aromatic carbocycles. The third-order valence-corrected chi connectivity index (χ3v) is 8.07. The predicted molar refractivity (Wildman–Crippen MR) is 164 cm³/mol. The summed E-state index contributed by atoms with van der Waals surface area (Å²) in [5.41, 5.74) is -0.832. The van der Waals surface area contributed by atoms with Crippen molar-refractivity contribution in [2.75, 3.05) is 5.32 Å². The van der Waals surface area contributed by atoms with Crippen LogP contribution in [0.2, 0.25) is 10.0 Å². The highest BCUT2D eigenvalue weighted by molar-refractivity contribution is 7.88. The Bertz CT molecular complexity index is 1860. The molecule has 0 aliphatic carbocycles. The number of pyridine rings is 1. The number of rotatable bonds is 10. The van der Waals surface area contributed by atoms with E-state index in [0.717, 1.165) is 16.8 Å². The van der Waals surface area contributed by atoms with E-state index in [9.17, 15) is 31.2 Å². The third-order valence-electron chi connectivity index (χ3n) is 6.28. The van der Waals surface area contributed by atoms with E-state index >= 15 is 0 Å². The predicted octanol–water partition coefficient (Wildman–Crippen LogP) is 5.91. The molecule has 0 aliphatic rings. The van der Waals surface area contributed by atoms with Crippen LogP contribution in [0.4, 0.5) is 18.9 Å². The molecule has 3 N–H and O–H groups in total. The van der Waals surface area contributed by atoms with Gasteiger partial charge in [0, 0.05) is 17.3 Å². The molecule has 0 unspecified atom stereocenters. The summed E-state index contributed by atoms with van der Waals surface area (Å²) in [6.45, 7) is 4.72. The summed E-state index contributed by atoms with van der Waals surface area (Å²) >= 11 is 12.5. The topological polar surface area (TPSA) is 135 Å². The third kappa shape index (κ3) is 8.39. The summed E-state index contributed by atoms with van der Waals surface area (Å²) in [5, 5.41) is 10.2. The molecule has 238 valence electrons. The van der Waals surface area contributed by atoms with Gasteiger partial charge in [0.25, 0.3) is 11.8 Å². The first kappa shape index (κ1) is 33.9. The van der Waals surface area contributed by atoms with Crippen molar-refractivity contribution in [1.82, 2.24) is 24.8 Å². The number of aromatic nitrogens is 3.